The smallest absolute Gasteiger partial charge is 0.136 e. The molecule has 0 spiro atoms. The molecule has 0 unspecified atom stereocenters. The summed E-state index contributed by atoms with van der Waals surface area (Å²) in [5, 5.41) is 4.09. The maximum atomic E-state index is 6.13. The molecule has 120 valence electrons. The van der Waals surface area contributed by atoms with Gasteiger partial charge in [0.2, 0.25) is 0 Å². The Kier molecular flexibility index (Phi) is 3.28. The molecule has 0 radical (unpaired) electrons. The van der Waals surface area contributed by atoms with E-state index in [4.69, 9.17) is 4.42 Å². The summed E-state index contributed by atoms with van der Waals surface area (Å²) in [4.78, 5) is 7.87. The van der Waals surface area contributed by atoms with E-state index in [0.29, 0.717) is 0 Å². The van der Waals surface area contributed by atoms with E-state index < -0.39 is 0 Å². The van der Waals surface area contributed by atoms with Crippen molar-refractivity contribution in [1.29, 1.82) is 0 Å². The minimum atomic E-state index is 0.861. The van der Waals surface area contributed by atoms with Crippen LogP contribution in [0.25, 0.3) is 44.1 Å². The molecule has 4 heteroatoms. The highest BCUT2D eigenvalue weighted by Gasteiger charge is 2.18. The summed E-state index contributed by atoms with van der Waals surface area (Å²) in [6.45, 7) is 0. The number of aromatic nitrogens is 2. The number of para-hydroxylation sites is 1. The molecule has 0 fully saturated rings. The Morgan fingerprint density at radius 3 is 2.64 bits per heavy atom. The summed E-state index contributed by atoms with van der Waals surface area (Å²) in [6.07, 6.45) is 3.78. The molecule has 0 bridgehead atoms. The SMILES string of the molecule is c1c[nH]c(-c2cccc(-c3cc4ccccc4o3)c2-c2nccs2)c1. The third kappa shape index (κ3) is 2.39. The van der Waals surface area contributed by atoms with Crippen molar-refractivity contribution in [2.75, 3.05) is 0 Å². The van der Waals surface area contributed by atoms with Crippen LogP contribution in [0.1, 0.15) is 0 Å². The highest BCUT2D eigenvalue weighted by molar-refractivity contribution is 7.13. The predicted molar refractivity (Wildman–Crippen MR) is 103 cm³/mol. The fraction of sp³-hybridized carbons (Fsp3) is 0. The lowest BCUT2D eigenvalue weighted by molar-refractivity contribution is 0.632. The van der Waals surface area contributed by atoms with Crippen molar-refractivity contribution in [1.82, 2.24) is 9.97 Å². The Morgan fingerprint density at radius 1 is 0.920 bits per heavy atom. The Bertz CT molecular complexity index is 1110. The molecule has 3 heterocycles. The van der Waals surface area contributed by atoms with Crippen LogP contribution in [0.4, 0.5) is 0 Å². The Hall–Kier alpha value is -3.11. The van der Waals surface area contributed by atoms with E-state index >= 15 is 0 Å². The first kappa shape index (κ1) is 14.3. The number of nitrogens with zero attached hydrogens (tertiary/aromatic N) is 1. The summed E-state index contributed by atoms with van der Waals surface area (Å²) in [5.74, 6) is 0.861. The van der Waals surface area contributed by atoms with Crippen molar-refractivity contribution in [3.8, 4) is 33.2 Å². The highest BCUT2D eigenvalue weighted by atomic mass is 32.1. The maximum Gasteiger partial charge on any atom is 0.136 e. The van der Waals surface area contributed by atoms with Gasteiger partial charge in [-0.3, -0.25) is 0 Å². The van der Waals surface area contributed by atoms with Gasteiger partial charge in [0, 0.05) is 45.5 Å². The van der Waals surface area contributed by atoms with Crippen LogP contribution >= 0.6 is 11.3 Å². The van der Waals surface area contributed by atoms with E-state index in [2.05, 4.69) is 46.4 Å². The molecule has 0 aliphatic carbocycles. The average Bonchev–Trinajstić information content (AvgIpc) is 3.42. The third-order valence-corrected chi connectivity index (χ3v) is 5.08. The molecular formula is C21H14N2OS. The number of benzene rings is 2. The minimum absolute atomic E-state index is 0.861. The maximum absolute atomic E-state index is 6.13. The molecule has 3 nitrogen and oxygen atoms in total. The molecule has 0 amide bonds. The zero-order valence-electron chi connectivity index (χ0n) is 13.3. The van der Waals surface area contributed by atoms with Gasteiger partial charge in [0.05, 0.1) is 0 Å². The molecule has 0 aliphatic rings. The predicted octanol–water partition coefficient (Wildman–Crippen LogP) is 6.22. The second kappa shape index (κ2) is 5.76. The summed E-state index contributed by atoms with van der Waals surface area (Å²) in [5.41, 5.74) is 5.24. The largest absolute Gasteiger partial charge is 0.456 e. The van der Waals surface area contributed by atoms with Crippen molar-refractivity contribution in [3.63, 3.8) is 0 Å². The molecular weight excluding hydrogens is 328 g/mol. The van der Waals surface area contributed by atoms with Crippen LogP contribution in [-0.2, 0) is 0 Å². The minimum Gasteiger partial charge on any atom is -0.456 e. The van der Waals surface area contributed by atoms with Crippen molar-refractivity contribution in [3.05, 3.63) is 78.4 Å². The van der Waals surface area contributed by atoms with E-state index in [-0.39, 0.29) is 0 Å². The molecule has 1 N–H and O–H groups in total. The second-order valence-corrected chi connectivity index (χ2v) is 6.69. The van der Waals surface area contributed by atoms with Gasteiger partial charge in [-0.15, -0.1) is 11.3 Å². The van der Waals surface area contributed by atoms with E-state index in [1.807, 2.05) is 42.0 Å². The molecule has 3 aromatic heterocycles. The van der Waals surface area contributed by atoms with Gasteiger partial charge in [-0.25, -0.2) is 4.98 Å². The number of H-pyrrole nitrogens is 1. The fourth-order valence-corrected chi connectivity index (χ4v) is 3.88. The Labute approximate surface area is 148 Å². The van der Waals surface area contributed by atoms with Crippen molar-refractivity contribution < 1.29 is 4.42 Å². The van der Waals surface area contributed by atoms with Crippen molar-refractivity contribution in [2.45, 2.75) is 0 Å². The third-order valence-electron chi connectivity index (χ3n) is 4.29. The van der Waals surface area contributed by atoms with Crippen LogP contribution in [0.5, 0.6) is 0 Å². The standard InChI is InChI=1S/C21H14N2OS/c1-2-9-18-14(5-1)13-19(24-18)16-7-3-6-15(17-8-4-10-22-17)20(16)21-23-11-12-25-21/h1-13,22H. The number of hydrogen-bond donors (Lipinski definition) is 1. The van der Waals surface area contributed by atoms with Crippen molar-refractivity contribution in [2.24, 2.45) is 0 Å². The first-order valence-corrected chi connectivity index (χ1v) is 8.94. The summed E-state index contributed by atoms with van der Waals surface area (Å²) < 4.78 is 6.13. The van der Waals surface area contributed by atoms with Gasteiger partial charge in [0.1, 0.15) is 16.4 Å². The van der Waals surface area contributed by atoms with Crippen LogP contribution in [-0.4, -0.2) is 9.97 Å². The number of rotatable bonds is 3. The lowest BCUT2D eigenvalue weighted by Crippen LogP contribution is -1.89. The van der Waals surface area contributed by atoms with Gasteiger partial charge in [0.25, 0.3) is 0 Å². The first-order chi connectivity index (χ1) is 12.4. The molecule has 0 saturated carbocycles. The van der Waals surface area contributed by atoms with Gasteiger partial charge in [-0.1, -0.05) is 36.4 Å². The van der Waals surface area contributed by atoms with Crippen LogP contribution in [0, 0.1) is 0 Å². The highest BCUT2D eigenvalue weighted by Crippen LogP contribution is 2.41. The molecule has 25 heavy (non-hydrogen) atoms. The zero-order valence-corrected chi connectivity index (χ0v) is 14.1. The Balaban J connectivity index is 1.81. The van der Waals surface area contributed by atoms with E-state index in [1.54, 1.807) is 11.3 Å². The van der Waals surface area contributed by atoms with E-state index in [0.717, 1.165) is 44.1 Å². The van der Waals surface area contributed by atoms with Crippen LogP contribution < -0.4 is 0 Å². The average molecular weight is 342 g/mol. The van der Waals surface area contributed by atoms with Crippen LogP contribution in [0.15, 0.2) is 82.9 Å². The number of nitrogens with one attached hydrogen (secondary N) is 1. The Morgan fingerprint density at radius 2 is 1.84 bits per heavy atom. The number of thiazole rings is 1. The fourth-order valence-electron chi connectivity index (χ4n) is 3.17. The zero-order chi connectivity index (χ0) is 16.6. The monoisotopic (exact) mass is 342 g/mol. The lowest BCUT2D eigenvalue weighted by Gasteiger charge is -2.11. The van der Waals surface area contributed by atoms with Gasteiger partial charge < -0.3 is 9.40 Å². The molecule has 0 aliphatic heterocycles. The van der Waals surface area contributed by atoms with Crippen LogP contribution in [0.3, 0.4) is 0 Å². The molecule has 5 aromatic rings. The first-order valence-electron chi connectivity index (χ1n) is 8.06. The quantitative estimate of drug-likeness (QED) is 0.423. The van der Waals surface area contributed by atoms with E-state index in [1.165, 1.54) is 0 Å². The molecule has 2 aromatic carbocycles. The van der Waals surface area contributed by atoms with Crippen molar-refractivity contribution >= 4 is 22.3 Å². The van der Waals surface area contributed by atoms with Gasteiger partial charge in [0.15, 0.2) is 0 Å². The normalized spacial score (nSPS) is 11.2. The second-order valence-electron chi connectivity index (χ2n) is 5.80. The molecule has 5 rings (SSSR count). The van der Waals surface area contributed by atoms with E-state index in [9.17, 15) is 0 Å². The number of aromatic amines is 1. The van der Waals surface area contributed by atoms with Gasteiger partial charge >= 0.3 is 0 Å². The van der Waals surface area contributed by atoms with Crippen LogP contribution in [0.2, 0.25) is 0 Å². The summed E-state index contributed by atoms with van der Waals surface area (Å²) >= 11 is 1.64. The number of hydrogen-bond acceptors (Lipinski definition) is 3. The molecule has 0 saturated heterocycles. The summed E-state index contributed by atoms with van der Waals surface area (Å²) in [6, 6.07) is 20.6. The number of furan rings is 1. The van der Waals surface area contributed by atoms with Gasteiger partial charge in [-0.2, -0.15) is 0 Å². The summed E-state index contributed by atoms with van der Waals surface area (Å²) in [7, 11) is 0. The topological polar surface area (TPSA) is 41.8 Å². The van der Waals surface area contributed by atoms with Gasteiger partial charge in [-0.05, 0) is 24.3 Å². The number of fused-ring (bicyclic) bond motifs is 1. The molecule has 0 atom stereocenters. The lowest BCUT2D eigenvalue weighted by atomic mass is 9.97.